The Morgan fingerprint density at radius 3 is 2.44 bits per heavy atom. The standard InChI is InChI=1S/C15H15N/c1-12-7-6-8-14(11-12)13(2)16-15-9-4-3-5-10-15/h3-11,16H,2H2,1H3. The van der Waals surface area contributed by atoms with Crippen molar-refractivity contribution >= 4 is 11.4 Å². The lowest BCUT2D eigenvalue weighted by Gasteiger charge is -2.10. The maximum absolute atomic E-state index is 4.05. The van der Waals surface area contributed by atoms with Crippen LogP contribution in [0.1, 0.15) is 11.1 Å². The third-order valence-electron chi connectivity index (χ3n) is 2.44. The minimum atomic E-state index is 0.926. The molecule has 2 aromatic rings. The molecule has 80 valence electrons. The minimum absolute atomic E-state index is 0.926. The Hall–Kier alpha value is -2.02. The van der Waals surface area contributed by atoms with Crippen molar-refractivity contribution in [3.8, 4) is 0 Å². The number of hydrogen-bond acceptors (Lipinski definition) is 1. The van der Waals surface area contributed by atoms with Crippen molar-refractivity contribution < 1.29 is 0 Å². The molecule has 16 heavy (non-hydrogen) atoms. The second-order valence-electron chi connectivity index (χ2n) is 3.84. The van der Waals surface area contributed by atoms with E-state index in [0.717, 1.165) is 16.9 Å². The Morgan fingerprint density at radius 2 is 1.75 bits per heavy atom. The molecule has 1 N–H and O–H groups in total. The second-order valence-corrected chi connectivity index (χ2v) is 3.84. The zero-order valence-corrected chi connectivity index (χ0v) is 9.40. The van der Waals surface area contributed by atoms with Crippen molar-refractivity contribution in [3.63, 3.8) is 0 Å². The molecule has 0 bridgehead atoms. The Morgan fingerprint density at radius 1 is 1.00 bits per heavy atom. The van der Waals surface area contributed by atoms with E-state index >= 15 is 0 Å². The maximum Gasteiger partial charge on any atom is 0.0384 e. The fraction of sp³-hybridized carbons (Fsp3) is 0.0667. The molecule has 1 heteroatoms. The zero-order chi connectivity index (χ0) is 11.4. The highest BCUT2D eigenvalue weighted by Gasteiger charge is 1.98. The lowest BCUT2D eigenvalue weighted by Crippen LogP contribution is -1.97. The van der Waals surface area contributed by atoms with Crippen LogP contribution in [0.15, 0.2) is 61.2 Å². The highest BCUT2D eigenvalue weighted by Crippen LogP contribution is 2.17. The number of nitrogens with one attached hydrogen (secondary N) is 1. The summed E-state index contributed by atoms with van der Waals surface area (Å²) in [6, 6.07) is 18.4. The Kier molecular flexibility index (Phi) is 3.06. The summed E-state index contributed by atoms with van der Waals surface area (Å²) in [5.41, 5.74) is 4.36. The second kappa shape index (κ2) is 4.67. The average molecular weight is 209 g/mol. The number of rotatable bonds is 3. The van der Waals surface area contributed by atoms with Gasteiger partial charge in [-0.05, 0) is 30.7 Å². The van der Waals surface area contributed by atoms with Crippen LogP contribution in [0.25, 0.3) is 5.70 Å². The van der Waals surface area contributed by atoms with Gasteiger partial charge in [-0.25, -0.2) is 0 Å². The van der Waals surface area contributed by atoms with E-state index in [1.165, 1.54) is 5.56 Å². The monoisotopic (exact) mass is 209 g/mol. The first kappa shape index (κ1) is 10.5. The summed E-state index contributed by atoms with van der Waals surface area (Å²) in [6.07, 6.45) is 0. The molecule has 0 radical (unpaired) electrons. The first-order valence-corrected chi connectivity index (χ1v) is 5.34. The molecule has 0 aliphatic heterocycles. The van der Waals surface area contributed by atoms with Gasteiger partial charge < -0.3 is 5.32 Å². The number of anilines is 1. The molecule has 0 aliphatic rings. The highest BCUT2D eigenvalue weighted by molar-refractivity contribution is 5.75. The van der Waals surface area contributed by atoms with E-state index < -0.39 is 0 Å². The summed E-state index contributed by atoms with van der Waals surface area (Å²) in [5, 5.41) is 3.29. The molecule has 0 heterocycles. The van der Waals surface area contributed by atoms with Crippen LogP contribution in [0, 0.1) is 6.92 Å². The molecule has 0 atom stereocenters. The fourth-order valence-electron chi connectivity index (χ4n) is 1.60. The molecule has 0 aliphatic carbocycles. The quantitative estimate of drug-likeness (QED) is 0.803. The van der Waals surface area contributed by atoms with Gasteiger partial charge in [-0.3, -0.25) is 0 Å². The van der Waals surface area contributed by atoms with Gasteiger partial charge in [0.15, 0.2) is 0 Å². The van der Waals surface area contributed by atoms with E-state index in [1.54, 1.807) is 0 Å². The summed E-state index contributed by atoms with van der Waals surface area (Å²) in [6.45, 7) is 6.13. The van der Waals surface area contributed by atoms with Gasteiger partial charge in [0, 0.05) is 11.4 Å². The topological polar surface area (TPSA) is 12.0 Å². The third kappa shape index (κ3) is 2.51. The number of hydrogen-bond donors (Lipinski definition) is 1. The number of aryl methyl sites for hydroxylation is 1. The molecule has 2 aromatic carbocycles. The number of para-hydroxylation sites is 1. The maximum atomic E-state index is 4.05. The van der Waals surface area contributed by atoms with Crippen LogP contribution < -0.4 is 5.32 Å². The van der Waals surface area contributed by atoms with Crippen molar-refractivity contribution in [1.82, 2.24) is 0 Å². The van der Waals surface area contributed by atoms with Gasteiger partial charge in [0.1, 0.15) is 0 Å². The van der Waals surface area contributed by atoms with E-state index in [9.17, 15) is 0 Å². The molecule has 0 spiro atoms. The largest absolute Gasteiger partial charge is 0.356 e. The summed E-state index contributed by atoms with van der Waals surface area (Å²) >= 11 is 0. The van der Waals surface area contributed by atoms with Gasteiger partial charge in [0.2, 0.25) is 0 Å². The molecule has 0 saturated carbocycles. The van der Waals surface area contributed by atoms with Crippen LogP contribution in [0.4, 0.5) is 5.69 Å². The summed E-state index contributed by atoms with van der Waals surface area (Å²) in [5.74, 6) is 0. The molecule has 0 amide bonds. The Bertz CT molecular complexity index is 486. The molecule has 2 rings (SSSR count). The van der Waals surface area contributed by atoms with E-state index in [2.05, 4.69) is 37.0 Å². The normalized spacial score (nSPS) is 9.81. The van der Waals surface area contributed by atoms with Crippen molar-refractivity contribution in [2.75, 3.05) is 5.32 Å². The third-order valence-corrected chi connectivity index (χ3v) is 2.44. The SMILES string of the molecule is C=C(Nc1ccccc1)c1cccc(C)c1. The molecule has 1 nitrogen and oxygen atoms in total. The van der Waals surface area contributed by atoms with Crippen molar-refractivity contribution in [2.24, 2.45) is 0 Å². The first-order valence-electron chi connectivity index (χ1n) is 5.34. The van der Waals surface area contributed by atoms with Gasteiger partial charge in [-0.1, -0.05) is 48.5 Å². The first-order chi connectivity index (χ1) is 7.75. The molecular weight excluding hydrogens is 194 g/mol. The lowest BCUT2D eigenvalue weighted by molar-refractivity contribution is 1.44. The minimum Gasteiger partial charge on any atom is -0.356 e. The summed E-state index contributed by atoms with van der Waals surface area (Å²) in [7, 11) is 0. The van der Waals surface area contributed by atoms with Crippen LogP contribution in [-0.4, -0.2) is 0 Å². The summed E-state index contributed by atoms with van der Waals surface area (Å²) in [4.78, 5) is 0. The molecule has 0 unspecified atom stereocenters. The van der Waals surface area contributed by atoms with Gasteiger partial charge in [-0.15, -0.1) is 0 Å². The van der Waals surface area contributed by atoms with E-state index in [0.29, 0.717) is 0 Å². The van der Waals surface area contributed by atoms with Crippen LogP contribution in [0.3, 0.4) is 0 Å². The smallest absolute Gasteiger partial charge is 0.0384 e. The van der Waals surface area contributed by atoms with Crippen molar-refractivity contribution in [1.29, 1.82) is 0 Å². The van der Waals surface area contributed by atoms with E-state index in [-0.39, 0.29) is 0 Å². The molecule has 0 aromatic heterocycles. The van der Waals surface area contributed by atoms with Crippen LogP contribution in [0.5, 0.6) is 0 Å². The summed E-state index contributed by atoms with van der Waals surface area (Å²) < 4.78 is 0. The van der Waals surface area contributed by atoms with Gasteiger partial charge in [-0.2, -0.15) is 0 Å². The highest BCUT2D eigenvalue weighted by atomic mass is 14.9. The predicted octanol–water partition coefficient (Wildman–Crippen LogP) is 4.08. The number of benzene rings is 2. The molecular formula is C15H15N. The zero-order valence-electron chi connectivity index (χ0n) is 9.40. The van der Waals surface area contributed by atoms with Gasteiger partial charge in [0.05, 0.1) is 0 Å². The van der Waals surface area contributed by atoms with Gasteiger partial charge in [0.25, 0.3) is 0 Å². The van der Waals surface area contributed by atoms with E-state index in [1.807, 2.05) is 36.4 Å². The van der Waals surface area contributed by atoms with E-state index in [4.69, 9.17) is 0 Å². The molecule has 0 fully saturated rings. The van der Waals surface area contributed by atoms with Crippen molar-refractivity contribution in [3.05, 3.63) is 72.3 Å². The van der Waals surface area contributed by atoms with Crippen LogP contribution in [-0.2, 0) is 0 Å². The lowest BCUT2D eigenvalue weighted by atomic mass is 10.1. The predicted molar refractivity (Wildman–Crippen MR) is 70.3 cm³/mol. The Balaban J connectivity index is 2.15. The van der Waals surface area contributed by atoms with Gasteiger partial charge >= 0.3 is 0 Å². The Labute approximate surface area is 96.4 Å². The van der Waals surface area contributed by atoms with Crippen LogP contribution in [0.2, 0.25) is 0 Å². The average Bonchev–Trinajstić information content (AvgIpc) is 2.30. The van der Waals surface area contributed by atoms with Crippen molar-refractivity contribution in [2.45, 2.75) is 6.92 Å². The van der Waals surface area contributed by atoms with Crippen LogP contribution >= 0.6 is 0 Å². The molecule has 0 saturated heterocycles. The fourth-order valence-corrected chi connectivity index (χ4v) is 1.60.